The number of carbonyl (C=O) groups is 1. The van der Waals surface area contributed by atoms with Crippen molar-refractivity contribution < 1.29 is 9.18 Å². The third-order valence-corrected chi connectivity index (χ3v) is 4.13. The van der Waals surface area contributed by atoms with Crippen molar-refractivity contribution in [1.29, 1.82) is 0 Å². The van der Waals surface area contributed by atoms with Crippen molar-refractivity contribution in [1.82, 2.24) is 15.3 Å². The van der Waals surface area contributed by atoms with Crippen LogP contribution in [0.3, 0.4) is 0 Å². The quantitative estimate of drug-likeness (QED) is 0.782. The van der Waals surface area contributed by atoms with Crippen LogP contribution in [0.5, 0.6) is 0 Å². The third kappa shape index (κ3) is 3.78. The maximum absolute atomic E-state index is 13.5. The highest BCUT2D eigenvalue weighted by Crippen LogP contribution is 2.21. The molecule has 0 bridgehead atoms. The molecule has 23 heavy (non-hydrogen) atoms. The molecule has 1 N–H and O–H groups in total. The minimum absolute atomic E-state index is 0.0555. The molecule has 0 aliphatic carbocycles. The van der Waals surface area contributed by atoms with E-state index in [0.29, 0.717) is 13.0 Å². The summed E-state index contributed by atoms with van der Waals surface area (Å²) in [4.78, 5) is 20.7. The fraction of sp³-hybridized carbons (Fsp3) is 0.118. The summed E-state index contributed by atoms with van der Waals surface area (Å²) < 4.78 is 13.5. The van der Waals surface area contributed by atoms with E-state index in [0.717, 1.165) is 16.4 Å². The van der Waals surface area contributed by atoms with Crippen molar-refractivity contribution in [2.75, 3.05) is 6.54 Å². The highest BCUT2D eigenvalue weighted by Gasteiger charge is 2.10. The Bertz CT molecular complexity index is 804. The Morgan fingerprint density at radius 1 is 1.17 bits per heavy atom. The molecule has 2 aromatic heterocycles. The van der Waals surface area contributed by atoms with E-state index in [1.807, 2.05) is 23.6 Å². The molecular weight excluding hydrogens is 313 g/mol. The van der Waals surface area contributed by atoms with Gasteiger partial charge in [0.2, 0.25) is 0 Å². The molecule has 3 rings (SSSR count). The second kappa shape index (κ2) is 7.11. The lowest BCUT2D eigenvalue weighted by atomic mass is 10.2. The van der Waals surface area contributed by atoms with Gasteiger partial charge in [-0.15, -0.1) is 11.3 Å². The molecule has 1 aromatic carbocycles. The fourth-order valence-electron chi connectivity index (χ4n) is 2.07. The molecule has 0 saturated heterocycles. The van der Waals surface area contributed by atoms with Crippen LogP contribution < -0.4 is 5.32 Å². The number of aromatic nitrogens is 2. The predicted octanol–water partition coefficient (Wildman–Crippen LogP) is 3.32. The summed E-state index contributed by atoms with van der Waals surface area (Å²) in [6.07, 6.45) is 2.31. The number of benzene rings is 1. The largest absolute Gasteiger partial charge is 0.352 e. The standard InChI is InChI=1S/C17H14FN3OS/c18-14-6-2-1-5-13(14)16(22)20-10-8-12-11-23-17(21-12)15-7-3-4-9-19-15/h1-7,9,11H,8,10H2,(H,20,22). The fourth-order valence-corrected chi connectivity index (χ4v) is 2.90. The second-order valence-corrected chi connectivity index (χ2v) is 5.70. The van der Waals surface area contributed by atoms with Gasteiger partial charge in [-0.05, 0) is 24.3 Å². The van der Waals surface area contributed by atoms with Crippen molar-refractivity contribution in [3.63, 3.8) is 0 Å². The number of rotatable bonds is 5. The number of hydrogen-bond donors (Lipinski definition) is 1. The van der Waals surface area contributed by atoms with Crippen molar-refractivity contribution in [3.8, 4) is 10.7 Å². The molecule has 0 unspecified atom stereocenters. The molecule has 1 amide bonds. The molecule has 0 saturated carbocycles. The normalized spacial score (nSPS) is 10.5. The minimum atomic E-state index is -0.518. The molecule has 0 radical (unpaired) electrons. The number of thiazole rings is 1. The molecule has 3 aromatic rings. The summed E-state index contributed by atoms with van der Waals surface area (Å²) in [5.74, 6) is -0.931. The highest BCUT2D eigenvalue weighted by molar-refractivity contribution is 7.13. The van der Waals surface area contributed by atoms with E-state index < -0.39 is 11.7 Å². The van der Waals surface area contributed by atoms with E-state index in [1.54, 1.807) is 18.3 Å². The maximum Gasteiger partial charge on any atom is 0.254 e. The number of pyridine rings is 1. The van der Waals surface area contributed by atoms with Crippen LogP contribution in [0.1, 0.15) is 16.1 Å². The summed E-state index contributed by atoms with van der Waals surface area (Å²) >= 11 is 1.51. The third-order valence-electron chi connectivity index (χ3n) is 3.22. The molecule has 2 heterocycles. The van der Waals surface area contributed by atoms with Gasteiger partial charge < -0.3 is 5.32 Å². The Hall–Kier alpha value is -2.60. The first-order valence-corrected chi connectivity index (χ1v) is 8.00. The van der Waals surface area contributed by atoms with Gasteiger partial charge in [-0.1, -0.05) is 18.2 Å². The van der Waals surface area contributed by atoms with Gasteiger partial charge in [0, 0.05) is 24.5 Å². The number of amides is 1. The lowest BCUT2D eigenvalue weighted by Gasteiger charge is -2.04. The van der Waals surface area contributed by atoms with Crippen molar-refractivity contribution in [3.05, 3.63) is 71.1 Å². The van der Waals surface area contributed by atoms with Crippen molar-refractivity contribution in [2.24, 2.45) is 0 Å². The van der Waals surface area contributed by atoms with Crippen molar-refractivity contribution in [2.45, 2.75) is 6.42 Å². The summed E-state index contributed by atoms with van der Waals surface area (Å²) in [5, 5.41) is 5.50. The van der Waals surface area contributed by atoms with Gasteiger partial charge in [-0.3, -0.25) is 9.78 Å². The molecule has 0 spiro atoms. The van der Waals surface area contributed by atoms with Gasteiger partial charge >= 0.3 is 0 Å². The van der Waals surface area contributed by atoms with Gasteiger partial charge in [0.1, 0.15) is 10.8 Å². The SMILES string of the molecule is O=C(NCCc1csc(-c2ccccn2)n1)c1ccccc1F. The van der Waals surface area contributed by atoms with Gasteiger partial charge in [-0.2, -0.15) is 0 Å². The predicted molar refractivity (Wildman–Crippen MR) is 87.8 cm³/mol. The Morgan fingerprint density at radius 2 is 2.00 bits per heavy atom. The Kier molecular flexibility index (Phi) is 4.73. The Labute approximate surface area is 137 Å². The van der Waals surface area contributed by atoms with E-state index in [1.165, 1.54) is 23.5 Å². The number of carbonyl (C=O) groups excluding carboxylic acids is 1. The first kappa shape index (κ1) is 15.3. The molecule has 0 fully saturated rings. The maximum atomic E-state index is 13.5. The molecule has 6 heteroatoms. The van der Waals surface area contributed by atoms with Crippen LogP contribution in [-0.4, -0.2) is 22.4 Å². The number of nitrogens with one attached hydrogen (secondary N) is 1. The van der Waals surface area contributed by atoms with E-state index in [2.05, 4.69) is 15.3 Å². The zero-order valence-corrected chi connectivity index (χ0v) is 13.0. The zero-order chi connectivity index (χ0) is 16.1. The Morgan fingerprint density at radius 3 is 2.78 bits per heavy atom. The van der Waals surface area contributed by atoms with Gasteiger partial charge in [0.25, 0.3) is 5.91 Å². The average molecular weight is 327 g/mol. The van der Waals surface area contributed by atoms with E-state index >= 15 is 0 Å². The molecule has 4 nitrogen and oxygen atoms in total. The van der Waals surface area contributed by atoms with Crippen LogP contribution in [0.25, 0.3) is 10.7 Å². The minimum Gasteiger partial charge on any atom is -0.352 e. The molecular formula is C17H14FN3OS. The van der Waals surface area contributed by atoms with Gasteiger partial charge in [0.05, 0.1) is 17.0 Å². The lowest BCUT2D eigenvalue weighted by molar-refractivity contribution is 0.0950. The van der Waals surface area contributed by atoms with Crippen LogP contribution in [0.4, 0.5) is 4.39 Å². The smallest absolute Gasteiger partial charge is 0.254 e. The summed E-state index contributed by atoms with van der Waals surface area (Å²) in [6.45, 7) is 0.401. The highest BCUT2D eigenvalue weighted by atomic mass is 32.1. The topological polar surface area (TPSA) is 54.9 Å². The first-order chi connectivity index (χ1) is 11.2. The first-order valence-electron chi connectivity index (χ1n) is 7.12. The summed E-state index contributed by atoms with van der Waals surface area (Å²) in [6, 6.07) is 11.6. The molecule has 0 aliphatic rings. The van der Waals surface area contributed by atoms with Gasteiger partial charge in [-0.25, -0.2) is 9.37 Å². The van der Waals surface area contributed by atoms with Crippen molar-refractivity contribution >= 4 is 17.2 Å². The number of hydrogen-bond acceptors (Lipinski definition) is 4. The summed E-state index contributed by atoms with van der Waals surface area (Å²) in [5.41, 5.74) is 1.77. The van der Waals surface area contributed by atoms with Crippen LogP contribution in [-0.2, 0) is 6.42 Å². The van der Waals surface area contributed by atoms with Crippen LogP contribution in [0.2, 0.25) is 0 Å². The van der Waals surface area contributed by atoms with E-state index in [9.17, 15) is 9.18 Å². The van der Waals surface area contributed by atoms with Crippen LogP contribution >= 0.6 is 11.3 Å². The van der Waals surface area contributed by atoms with Gasteiger partial charge in [0.15, 0.2) is 0 Å². The number of nitrogens with zero attached hydrogens (tertiary/aromatic N) is 2. The van der Waals surface area contributed by atoms with Crippen LogP contribution in [0, 0.1) is 5.82 Å². The number of halogens is 1. The molecule has 0 aliphatic heterocycles. The van der Waals surface area contributed by atoms with Crippen LogP contribution in [0.15, 0.2) is 54.0 Å². The average Bonchev–Trinajstić information content (AvgIpc) is 3.05. The second-order valence-electron chi connectivity index (χ2n) is 4.84. The molecule has 0 atom stereocenters. The Balaban J connectivity index is 1.56. The van der Waals surface area contributed by atoms with E-state index in [-0.39, 0.29) is 5.56 Å². The van der Waals surface area contributed by atoms with E-state index in [4.69, 9.17) is 0 Å². The molecule has 116 valence electrons. The zero-order valence-electron chi connectivity index (χ0n) is 12.2. The summed E-state index contributed by atoms with van der Waals surface area (Å²) in [7, 11) is 0. The lowest BCUT2D eigenvalue weighted by Crippen LogP contribution is -2.26. The monoisotopic (exact) mass is 327 g/mol.